The molecule has 0 radical (unpaired) electrons. The SMILES string of the molecule is O=C(N/N=C\c1ccc(Sc2ccc(Cl)cc2)o1)c1ccccc1O. The van der Waals surface area contributed by atoms with E-state index in [2.05, 4.69) is 10.5 Å². The van der Waals surface area contributed by atoms with Gasteiger partial charge in [-0.15, -0.1) is 0 Å². The lowest BCUT2D eigenvalue weighted by molar-refractivity contribution is 0.0952. The Labute approximate surface area is 153 Å². The van der Waals surface area contributed by atoms with Gasteiger partial charge in [0.25, 0.3) is 5.91 Å². The number of benzene rings is 2. The molecule has 0 atom stereocenters. The molecular formula is C18H13ClN2O3S. The fourth-order valence-electron chi connectivity index (χ4n) is 1.96. The smallest absolute Gasteiger partial charge is 0.275 e. The predicted molar refractivity (Wildman–Crippen MR) is 97.5 cm³/mol. The normalized spacial score (nSPS) is 10.9. The first-order chi connectivity index (χ1) is 12.1. The third-order valence-electron chi connectivity index (χ3n) is 3.14. The van der Waals surface area contributed by atoms with E-state index in [1.807, 2.05) is 30.3 Å². The molecule has 0 aliphatic carbocycles. The van der Waals surface area contributed by atoms with Gasteiger partial charge in [0, 0.05) is 9.92 Å². The highest BCUT2D eigenvalue weighted by atomic mass is 35.5. The molecule has 0 aliphatic rings. The summed E-state index contributed by atoms with van der Waals surface area (Å²) in [5, 5.41) is 14.8. The highest BCUT2D eigenvalue weighted by Gasteiger charge is 2.09. The number of phenols is 1. The van der Waals surface area contributed by atoms with E-state index in [-0.39, 0.29) is 11.3 Å². The Bertz CT molecular complexity index is 907. The van der Waals surface area contributed by atoms with Gasteiger partial charge in [0.05, 0.1) is 11.8 Å². The van der Waals surface area contributed by atoms with E-state index in [1.165, 1.54) is 30.1 Å². The first kappa shape index (κ1) is 17.1. The zero-order valence-corrected chi connectivity index (χ0v) is 14.4. The van der Waals surface area contributed by atoms with Crippen LogP contribution in [0.5, 0.6) is 5.75 Å². The topological polar surface area (TPSA) is 74.8 Å². The number of amides is 1. The molecule has 0 aliphatic heterocycles. The summed E-state index contributed by atoms with van der Waals surface area (Å²) in [6.07, 6.45) is 1.39. The molecule has 0 saturated carbocycles. The van der Waals surface area contributed by atoms with E-state index in [4.69, 9.17) is 16.0 Å². The lowest BCUT2D eigenvalue weighted by Crippen LogP contribution is -2.17. The van der Waals surface area contributed by atoms with Gasteiger partial charge in [0.15, 0.2) is 5.09 Å². The van der Waals surface area contributed by atoms with E-state index in [0.29, 0.717) is 15.9 Å². The van der Waals surface area contributed by atoms with Crippen LogP contribution in [0.1, 0.15) is 16.1 Å². The molecule has 2 N–H and O–H groups in total. The number of aromatic hydroxyl groups is 1. The maximum absolute atomic E-state index is 11.9. The van der Waals surface area contributed by atoms with E-state index in [9.17, 15) is 9.90 Å². The van der Waals surface area contributed by atoms with E-state index >= 15 is 0 Å². The van der Waals surface area contributed by atoms with Gasteiger partial charge in [-0.05, 0) is 48.5 Å². The zero-order chi connectivity index (χ0) is 17.6. The summed E-state index contributed by atoms with van der Waals surface area (Å²) in [5.74, 6) is -0.111. The molecule has 0 bridgehead atoms. The van der Waals surface area contributed by atoms with Crippen molar-refractivity contribution in [2.45, 2.75) is 9.99 Å². The number of hydrogen-bond acceptors (Lipinski definition) is 5. The molecule has 0 spiro atoms. The molecule has 1 aromatic heterocycles. The summed E-state index contributed by atoms with van der Waals surface area (Å²) in [6, 6.07) is 17.2. The number of hydrogen-bond donors (Lipinski definition) is 2. The van der Waals surface area contributed by atoms with Crippen LogP contribution in [-0.2, 0) is 0 Å². The van der Waals surface area contributed by atoms with Gasteiger partial charge >= 0.3 is 0 Å². The average molecular weight is 373 g/mol. The van der Waals surface area contributed by atoms with Gasteiger partial charge < -0.3 is 9.52 Å². The summed E-state index contributed by atoms with van der Waals surface area (Å²) in [4.78, 5) is 12.9. The molecular weight excluding hydrogens is 360 g/mol. The van der Waals surface area contributed by atoms with Crippen molar-refractivity contribution in [3.8, 4) is 5.75 Å². The van der Waals surface area contributed by atoms with Gasteiger partial charge in [0.2, 0.25) is 0 Å². The predicted octanol–water partition coefficient (Wildman–Crippen LogP) is 4.55. The van der Waals surface area contributed by atoms with Crippen molar-refractivity contribution in [2.24, 2.45) is 5.10 Å². The molecule has 25 heavy (non-hydrogen) atoms. The second-order valence-corrected chi connectivity index (χ2v) is 6.44. The maximum atomic E-state index is 11.9. The highest BCUT2D eigenvalue weighted by molar-refractivity contribution is 7.99. The third kappa shape index (κ3) is 4.65. The second-order valence-electron chi connectivity index (χ2n) is 4.93. The number of halogens is 1. The number of carbonyl (C=O) groups excluding carboxylic acids is 1. The highest BCUT2D eigenvalue weighted by Crippen LogP contribution is 2.29. The Hall–Kier alpha value is -2.70. The van der Waals surface area contributed by atoms with Crippen LogP contribution >= 0.6 is 23.4 Å². The van der Waals surface area contributed by atoms with Crippen LogP contribution < -0.4 is 5.43 Å². The number of rotatable bonds is 5. The summed E-state index contributed by atoms with van der Waals surface area (Å²) in [5.41, 5.74) is 2.49. The number of phenolic OH excluding ortho intramolecular Hbond substituents is 1. The molecule has 1 heterocycles. The van der Waals surface area contributed by atoms with Crippen LogP contribution in [0.25, 0.3) is 0 Å². The Balaban J connectivity index is 1.59. The molecule has 0 saturated heterocycles. The summed E-state index contributed by atoms with van der Waals surface area (Å²) in [6.45, 7) is 0. The summed E-state index contributed by atoms with van der Waals surface area (Å²) >= 11 is 7.30. The maximum Gasteiger partial charge on any atom is 0.275 e. The van der Waals surface area contributed by atoms with Gasteiger partial charge in [-0.2, -0.15) is 5.10 Å². The molecule has 5 nitrogen and oxygen atoms in total. The molecule has 7 heteroatoms. The molecule has 3 rings (SSSR count). The number of furan rings is 1. The minimum atomic E-state index is -0.503. The Morgan fingerprint density at radius 1 is 1.12 bits per heavy atom. The second kappa shape index (κ2) is 7.92. The van der Waals surface area contributed by atoms with Crippen molar-refractivity contribution in [1.29, 1.82) is 0 Å². The Kier molecular flexibility index (Phi) is 5.42. The number of nitrogens with one attached hydrogen (secondary N) is 1. The number of carbonyl (C=O) groups is 1. The monoisotopic (exact) mass is 372 g/mol. The minimum Gasteiger partial charge on any atom is -0.507 e. The quantitative estimate of drug-likeness (QED) is 0.508. The van der Waals surface area contributed by atoms with Crippen molar-refractivity contribution >= 4 is 35.5 Å². The third-order valence-corrected chi connectivity index (χ3v) is 4.32. The van der Waals surface area contributed by atoms with Gasteiger partial charge in [-0.1, -0.05) is 35.5 Å². The van der Waals surface area contributed by atoms with Crippen molar-refractivity contribution < 1.29 is 14.3 Å². The minimum absolute atomic E-state index is 0.102. The number of hydrazone groups is 1. The van der Waals surface area contributed by atoms with Crippen LogP contribution in [0.3, 0.4) is 0 Å². The molecule has 126 valence electrons. The first-order valence-electron chi connectivity index (χ1n) is 7.26. The molecule has 0 unspecified atom stereocenters. The Morgan fingerprint density at radius 3 is 2.64 bits per heavy atom. The van der Waals surface area contributed by atoms with Crippen LogP contribution in [0.2, 0.25) is 5.02 Å². The number of para-hydroxylation sites is 1. The van der Waals surface area contributed by atoms with Gasteiger partial charge in [-0.3, -0.25) is 4.79 Å². The van der Waals surface area contributed by atoms with Crippen molar-refractivity contribution in [1.82, 2.24) is 5.43 Å². The van der Waals surface area contributed by atoms with Gasteiger partial charge in [0.1, 0.15) is 11.5 Å². The number of nitrogens with zero attached hydrogens (tertiary/aromatic N) is 1. The lowest BCUT2D eigenvalue weighted by Gasteiger charge is -2.01. The van der Waals surface area contributed by atoms with E-state index in [0.717, 1.165) is 4.90 Å². The van der Waals surface area contributed by atoms with Crippen LogP contribution in [0.4, 0.5) is 0 Å². The van der Waals surface area contributed by atoms with Crippen LogP contribution in [-0.4, -0.2) is 17.2 Å². The Morgan fingerprint density at radius 2 is 1.88 bits per heavy atom. The van der Waals surface area contributed by atoms with E-state index in [1.54, 1.807) is 18.2 Å². The van der Waals surface area contributed by atoms with Gasteiger partial charge in [-0.25, -0.2) is 5.43 Å². The average Bonchev–Trinajstić information content (AvgIpc) is 3.04. The lowest BCUT2D eigenvalue weighted by atomic mass is 10.2. The first-order valence-corrected chi connectivity index (χ1v) is 8.46. The van der Waals surface area contributed by atoms with E-state index < -0.39 is 5.91 Å². The molecule has 2 aromatic carbocycles. The molecule has 3 aromatic rings. The van der Waals surface area contributed by atoms with Crippen molar-refractivity contribution in [3.63, 3.8) is 0 Å². The fraction of sp³-hybridized carbons (Fsp3) is 0. The fourth-order valence-corrected chi connectivity index (χ4v) is 2.86. The standard InChI is InChI=1S/C18H13ClN2O3S/c19-12-5-8-14(9-6-12)25-17-10-7-13(24-17)11-20-21-18(23)15-3-1-2-4-16(15)22/h1-11,22H,(H,21,23)/b20-11-. The van der Waals surface area contributed by atoms with Crippen molar-refractivity contribution in [3.05, 3.63) is 77.0 Å². The van der Waals surface area contributed by atoms with Crippen LogP contribution in [0, 0.1) is 0 Å². The largest absolute Gasteiger partial charge is 0.507 e. The van der Waals surface area contributed by atoms with Crippen molar-refractivity contribution in [2.75, 3.05) is 0 Å². The summed E-state index contributed by atoms with van der Waals surface area (Å²) in [7, 11) is 0. The summed E-state index contributed by atoms with van der Waals surface area (Å²) < 4.78 is 5.61. The molecule has 1 amide bonds. The molecule has 0 fully saturated rings. The zero-order valence-electron chi connectivity index (χ0n) is 12.8. The van der Waals surface area contributed by atoms with Crippen LogP contribution in [0.15, 0.2) is 80.2 Å².